The zero-order chi connectivity index (χ0) is 15.7. The quantitative estimate of drug-likeness (QED) is 0.781. The fraction of sp³-hybridized carbons (Fsp3) is 0.389. The Balaban J connectivity index is 1.81. The van der Waals surface area contributed by atoms with E-state index in [4.69, 9.17) is 9.15 Å². The van der Waals surface area contributed by atoms with Crippen molar-refractivity contribution in [1.29, 1.82) is 0 Å². The van der Waals surface area contributed by atoms with E-state index in [9.17, 15) is 4.79 Å². The van der Waals surface area contributed by atoms with E-state index in [0.717, 1.165) is 28.5 Å². The number of carbonyl (C=O) groups excluding carboxylic acids is 1. The van der Waals surface area contributed by atoms with Gasteiger partial charge in [0, 0.05) is 24.0 Å². The van der Waals surface area contributed by atoms with Crippen molar-refractivity contribution in [2.24, 2.45) is 0 Å². The summed E-state index contributed by atoms with van der Waals surface area (Å²) in [5.41, 5.74) is 2.57. The van der Waals surface area contributed by atoms with Crippen LogP contribution in [0.1, 0.15) is 32.8 Å². The lowest BCUT2D eigenvalue weighted by Gasteiger charge is -2.30. The molecule has 0 bridgehead atoms. The lowest BCUT2D eigenvalue weighted by molar-refractivity contribution is 0.0273. The van der Waals surface area contributed by atoms with Gasteiger partial charge in [-0.25, -0.2) is 4.79 Å². The normalized spacial score (nSPS) is 15.8. The van der Waals surface area contributed by atoms with Gasteiger partial charge in [-0.2, -0.15) is 0 Å². The average Bonchev–Trinajstić information content (AvgIpc) is 2.89. The van der Waals surface area contributed by atoms with E-state index < -0.39 is 5.60 Å². The van der Waals surface area contributed by atoms with E-state index in [1.807, 2.05) is 45.0 Å². The summed E-state index contributed by atoms with van der Waals surface area (Å²) in [6, 6.07) is 7.95. The molecule has 4 heteroatoms. The van der Waals surface area contributed by atoms with Crippen LogP contribution >= 0.6 is 0 Å². The lowest BCUT2D eigenvalue weighted by atomic mass is 10.0. The topological polar surface area (TPSA) is 42.7 Å². The van der Waals surface area contributed by atoms with Crippen molar-refractivity contribution in [1.82, 2.24) is 4.90 Å². The minimum absolute atomic E-state index is 0.258. The number of carbonyl (C=O) groups is 1. The van der Waals surface area contributed by atoms with Gasteiger partial charge in [-0.15, -0.1) is 0 Å². The molecule has 1 aromatic heterocycles. The van der Waals surface area contributed by atoms with Crippen LogP contribution in [0.25, 0.3) is 16.5 Å². The van der Waals surface area contributed by atoms with E-state index in [1.54, 1.807) is 11.2 Å². The summed E-state index contributed by atoms with van der Waals surface area (Å²) in [7, 11) is 0. The molecule has 2 heterocycles. The minimum atomic E-state index is -0.471. The van der Waals surface area contributed by atoms with E-state index in [-0.39, 0.29) is 6.09 Å². The van der Waals surface area contributed by atoms with Crippen molar-refractivity contribution in [3.8, 4) is 0 Å². The Kier molecular flexibility index (Phi) is 3.69. The van der Waals surface area contributed by atoms with Gasteiger partial charge in [-0.1, -0.05) is 24.3 Å². The Morgan fingerprint density at radius 3 is 2.82 bits per heavy atom. The lowest BCUT2D eigenvalue weighted by Crippen LogP contribution is -2.39. The van der Waals surface area contributed by atoms with E-state index >= 15 is 0 Å². The molecular formula is C18H21NO3. The van der Waals surface area contributed by atoms with Crippen molar-refractivity contribution in [2.75, 3.05) is 13.1 Å². The Morgan fingerprint density at radius 2 is 2.05 bits per heavy atom. The van der Waals surface area contributed by atoms with Gasteiger partial charge in [0.05, 0.1) is 6.26 Å². The van der Waals surface area contributed by atoms with E-state index in [0.29, 0.717) is 13.1 Å². The predicted molar refractivity (Wildman–Crippen MR) is 86.6 cm³/mol. The van der Waals surface area contributed by atoms with Crippen LogP contribution in [0, 0.1) is 0 Å². The Bertz CT molecular complexity index is 721. The molecule has 1 amide bonds. The van der Waals surface area contributed by atoms with Crippen molar-refractivity contribution >= 4 is 22.6 Å². The maximum Gasteiger partial charge on any atom is 0.410 e. The molecule has 0 saturated carbocycles. The number of ether oxygens (including phenoxy) is 1. The molecule has 0 spiro atoms. The van der Waals surface area contributed by atoms with Gasteiger partial charge in [0.1, 0.15) is 11.2 Å². The van der Waals surface area contributed by atoms with Crippen LogP contribution in [0.5, 0.6) is 0 Å². The molecular weight excluding hydrogens is 278 g/mol. The molecule has 116 valence electrons. The zero-order valence-electron chi connectivity index (χ0n) is 13.3. The first kappa shape index (κ1) is 14.7. The van der Waals surface area contributed by atoms with Crippen molar-refractivity contribution in [3.63, 3.8) is 0 Å². The molecule has 1 aliphatic rings. The van der Waals surface area contributed by atoms with E-state index in [2.05, 4.69) is 6.08 Å². The summed E-state index contributed by atoms with van der Waals surface area (Å²) in [6.07, 6.45) is 4.52. The SMILES string of the molecule is CC(C)(C)OC(=O)N1CCC=C(c2coc3ccccc23)C1. The van der Waals surface area contributed by atoms with Gasteiger partial charge in [0.25, 0.3) is 0 Å². The number of nitrogens with zero attached hydrogens (tertiary/aromatic N) is 1. The molecule has 3 rings (SSSR count). The first-order chi connectivity index (χ1) is 10.4. The molecule has 22 heavy (non-hydrogen) atoms. The Hall–Kier alpha value is -2.23. The molecule has 1 aliphatic heterocycles. The van der Waals surface area contributed by atoms with Crippen molar-refractivity contribution < 1.29 is 13.9 Å². The average molecular weight is 299 g/mol. The molecule has 2 aromatic rings. The summed E-state index contributed by atoms with van der Waals surface area (Å²) < 4.78 is 11.1. The molecule has 0 fully saturated rings. The van der Waals surface area contributed by atoms with Crippen LogP contribution in [0.2, 0.25) is 0 Å². The largest absolute Gasteiger partial charge is 0.464 e. The molecule has 0 aliphatic carbocycles. The van der Waals surface area contributed by atoms with Crippen molar-refractivity contribution in [3.05, 3.63) is 42.2 Å². The van der Waals surface area contributed by atoms with Crippen LogP contribution in [-0.4, -0.2) is 29.7 Å². The van der Waals surface area contributed by atoms with Crippen LogP contribution in [0.15, 0.2) is 41.0 Å². The number of furan rings is 1. The highest BCUT2D eigenvalue weighted by molar-refractivity contribution is 5.92. The third-order valence-electron chi connectivity index (χ3n) is 3.63. The number of amides is 1. The van der Waals surface area contributed by atoms with Gasteiger partial charge < -0.3 is 14.1 Å². The third kappa shape index (κ3) is 3.01. The van der Waals surface area contributed by atoms with Gasteiger partial charge >= 0.3 is 6.09 Å². The molecule has 0 saturated heterocycles. The second kappa shape index (κ2) is 5.52. The van der Waals surface area contributed by atoms with Gasteiger partial charge in [0.2, 0.25) is 0 Å². The highest BCUT2D eigenvalue weighted by Gasteiger charge is 2.25. The Morgan fingerprint density at radius 1 is 1.27 bits per heavy atom. The zero-order valence-corrected chi connectivity index (χ0v) is 13.3. The van der Waals surface area contributed by atoms with E-state index in [1.165, 1.54) is 0 Å². The number of fused-ring (bicyclic) bond motifs is 1. The summed E-state index contributed by atoms with van der Waals surface area (Å²) in [4.78, 5) is 14.0. The second-order valence-electron chi connectivity index (χ2n) is 6.57. The third-order valence-corrected chi connectivity index (χ3v) is 3.63. The second-order valence-corrected chi connectivity index (χ2v) is 6.57. The summed E-state index contributed by atoms with van der Waals surface area (Å²) >= 11 is 0. The number of para-hydroxylation sites is 1. The molecule has 0 unspecified atom stereocenters. The van der Waals surface area contributed by atoms with Crippen LogP contribution in [0.3, 0.4) is 0 Å². The maximum absolute atomic E-state index is 12.2. The van der Waals surface area contributed by atoms with Crippen LogP contribution < -0.4 is 0 Å². The van der Waals surface area contributed by atoms with Crippen LogP contribution in [0.4, 0.5) is 4.79 Å². The first-order valence-electron chi connectivity index (χ1n) is 7.57. The summed E-state index contributed by atoms with van der Waals surface area (Å²) in [5.74, 6) is 0. The highest BCUT2D eigenvalue weighted by Crippen LogP contribution is 2.30. The molecule has 0 radical (unpaired) electrons. The highest BCUT2D eigenvalue weighted by atomic mass is 16.6. The minimum Gasteiger partial charge on any atom is -0.464 e. The van der Waals surface area contributed by atoms with Gasteiger partial charge in [-0.3, -0.25) is 0 Å². The first-order valence-corrected chi connectivity index (χ1v) is 7.57. The standard InChI is InChI=1S/C18H21NO3/c1-18(2,3)22-17(20)19-10-6-7-13(11-19)15-12-21-16-9-5-4-8-14(15)16/h4-5,7-9,12H,6,10-11H2,1-3H3. The predicted octanol–water partition coefficient (Wildman–Crippen LogP) is 4.46. The van der Waals surface area contributed by atoms with Crippen molar-refractivity contribution in [2.45, 2.75) is 32.8 Å². The molecule has 0 atom stereocenters. The summed E-state index contributed by atoms with van der Waals surface area (Å²) in [6.45, 7) is 6.90. The molecule has 1 aromatic carbocycles. The fourth-order valence-corrected chi connectivity index (χ4v) is 2.65. The fourth-order valence-electron chi connectivity index (χ4n) is 2.65. The Labute approximate surface area is 130 Å². The van der Waals surface area contributed by atoms with Gasteiger partial charge in [-0.05, 0) is 38.8 Å². The number of benzene rings is 1. The number of hydrogen-bond acceptors (Lipinski definition) is 3. The monoisotopic (exact) mass is 299 g/mol. The molecule has 0 N–H and O–H groups in total. The smallest absolute Gasteiger partial charge is 0.410 e. The number of hydrogen-bond donors (Lipinski definition) is 0. The van der Waals surface area contributed by atoms with Gasteiger partial charge in [0.15, 0.2) is 0 Å². The van der Waals surface area contributed by atoms with Crippen LogP contribution in [-0.2, 0) is 4.74 Å². The maximum atomic E-state index is 12.2. The molecule has 4 nitrogen and oxygen atoms in total. The summed E-state index contributed by atoms with van der Waals surface area (Å²) in [5, 5.41) is 1.08. The number of rotatable bonds is 1.